The zero-order valence-corrected chi connectivity index (χ0v) is 14.6. The summed E-state index contributed by atoms with van der Waals surface area (Å²) >= 11 is 5.62. The third kappa shape index (κ3) is 3.86. The first-order chi connectivity index (χ1) is 9.63. The highest BCUT2D eigenvalue weighted by atomic mass is 127. The molecule has 0 aliphatic rings. The van der Waals surface area contributed by atoms with Gasteiger partial charge in [0.1, 0.15) is 6.61 Å². The van der Waals surface area contributed by atoms with E-state index in [0.29, 0.717) is 18.1 Å². The van der Waals surface area contributed by atoms with Crippen molar-refractivity contribution in [2.24, 2.45) is 0 Å². The monoisotopic (exact) mass is 448 g/mol. The maximum absolute atomic E-state index is 9.21. The average molecular weight is 449 g/mol. The second kappa shape index (κ2) is 7.28. The maximum Gasteiger partial charge on any atom is 0.174 e. The first kappa shape index (κ1) is 15.6. The molecular weight excluding hydrogens is 435 g/mol. The van der Waals surface area contributed by atoms with Crippen LogP contribution in [0.1, 0.15) is 11.1 Å². The number of aliphatic hydroxyl groups is 1. The highest BCUT2D eigenvalue weighted by molar-refractivity contribution is 14.1. The van der Waals surface area contributed by atoms with Gasteiger partial charge in [-0.3, -0.25) is 0 Å². The largest absolute Gasteiger partial charge is 0.493 e. The van der Waals surface area contributed by atoms with Crippen molar-refractivity contribution in [1.82, 2.24) is 0 Å². The standard InChI is InChI=1S/C15H14BrIO3/c1-19-14-7-11(8-18)6-13(17)15(14)20-9-10-3-2-4-12(16)5-10/h2-7,18H,8-9H2,1H3. The molecule has 106 valence electrons. The second-order valence-electron chi connectivity index (χ2n) is 4.19. The Balaban J connectivity index is 2.20. The van der Waals surface area contributed by atoms with Crippen LogP contribution in [0.5, 0.6) is 11.5 Å². The number of aliphatic hydroxyl groups excluding tert-OH is 1. The predicted molar refractivity (Wildman–Crippen MR) is 90.1 cm³/mol. The van der Waals surface area contributed by atoms with Crippen LogP contribution < -0.4 is 9.47 Å². The minimum absolute atomic E-state index is 0.0156. The molecule has 0 heterocycles. The Morgan fingerprint density at radius 3 is 2.65 bits per heavy atom. The van der Waals surface area contributed by atoms with Crippen LogP contribution in [0.3, 0.4) is 0 Å². The zero-order valence-electron chi connectivity index (χ0n) is 10.9. The lowest BCUT2D eigenvalue weighted by Crippen LogP contribution is -2.01. The lowest BCUT2D eigenvalue weighted by atomic mass is 10.2. The fourth-order valence-corrected chi connectivity index (χ4v) is 3.05. The van der Waals surface area contributed by atoms with Crippen molar-refractivity contribution in [3.05, 3.63) is 55.6 Å². The summed E-state index contributed by atoms with van der Waals surface area (Å²) in [4.78, 5) is 0. The highest BCUT2D eigenvalue weighted by Crippen LogP contribution is 2.34. The van der Waals surface area contributed by atoms with Gasteiger partial charge in [-0.1, -0.05) is 28.1 Å². The summed E-state index contributed by atoms with van der Waals surface area (Å²) in [6.07, 6.45) is 0. The van der Waals surface area contributed by atoms with E-state index in [1.807, 2.05) is 30.3 Å². The Morgan fingerprint density at radius 1 is 1.20 bits per heavy atom. The lowest BCUT2D eigenvalue weighted by molar-refractivity contribution is 0.273. The van der Waals surface area contributed by atoms with Crippen LogP contribution in [-0.2, 0) is 13.2 Å². The quantitative estimate of drug-likeness (QED) is 0.699. The molecule has 0 bridgehead atoms. The molecule has 0 saturated carbocycles. The molecule has 0 saturated heterocycles. The number of halogens is 2. The van der Waals surface area contributed by atoms with Crippen LogP contribution in [0.4, 0.5) is 0 Å². The molecule has 0 aliphatic heterocycles. The number of rotatable bonds is 5. The van der Waals surface area contributed by atoms with E-state index in [2.05, 4.69) is 38.5 Å². The van der Waals surface area contributed by atoms with Crippen molar-refractivity contribution in [3.63, 3.8) is 0 Å². The van der Waals surface area contributed by atoms with Gasteiger partial charge in [-0.05, 0) is 58.0 Å². The highest BCUT2D eigenvalue weighted by Gasteiger charge is 2.11. The summed E-state index contributed by atoms with van der Waals surface area (Å²) in [6.45, 7) is 0.447. The van der Waals surface area contributed by atoms with Crippen LogP contribution in [0, 0.1) is 3.57 Å². The van der Waals surface area contributed by atoms with Gasteiger partial charge in [-0.15, -0.1) is 0 Å². The number of methoxy groups -OCH3 is 1. The molecule has 0 fully saturated rings. The molecule has 2 aromatic rings. The first-order valence-corrected chi connectivity index (χ1v) is 7.85. The van der Waals surface area contributed by atoms with Crippen molar-refractivity contribution in [2.45, 2.75) is 13.2 Å². The third-order valence-corrected chi connectivity index (χ3v) is 4.04. The molecule has 0 radical (unpaired) electrons. The van der Waals surface area contributed by atoms with E-state index in [-0.39, 0.29) is 6.61 Å². The van der Waals surface area contributed by atoms with Gasteiger partial charge in [0, 0.05) is 4.47 Å². The minimum Gasteiger partial charge on any atom is -0.493 e. The predicted octanol–water partition coefficient (Wildman–Crippen LogP) is 4.13. The molecule has 2 aromatic carbocycles. The van der Waals surface area contributed by atoms with Crippen molar-refractivity contribution in [2.75, 3.05) is 7.11 Å². The molecule has 0 amide bonds. The molecular formula is C15H14BrIO3. The Hall–Kier alpha value is -0.790. The van der Waals surface area contributed by atoms with E-state index in [0.717, 1.165) is 19.2 Å². The summed E-state index contributed by atoms with van der Waals surface area (Å²) in [7, 11) is 1.60. The number of hydrogen-bond donors (Lipinski definition) is 1. The van der Waals surface area contributed by atoms with Crippen molar-refractivity contribution in [3.8, 4) is 11.5 Å². The van der Waals surface area contributed by atoms with Gasteiger partial charge in [0.15, 0.2) is 11.5 Å². The smallest absolute Gasteiger partial charge is 0.174 e. The van der Waals surface area contributed by atoms with Gasteiger partial charge in [0.25, 0.3) is 0 Å². The molecule has 20 heavy (non-hydrogen) atoms. The van der Waals surface area contributed by atoms with Crippen LogP contribution in [0.15, 0.2) is 40.9 Å². The molecule has 0 spiro atoms. The van der Waals surface area contributed by atoms with Crippen LogP contribution in [0.25, 0.3) is 0 Å². The fourth-order valence-electron chi connectivity index (χ4n) is 1.79. The van der Waals surface area contributed by atoms with Gasteiger partial charge < -0.3 is 14.6 Å². The molecule has 2 rings (SSSR count). The van der Waals surface area contributed by atoms with Gasteiger partial charge in [-0.2, -0.15) is 0 Å². The van der Waals surface area contributed by atoms with E-state index >= 15 is 0 Å². The lowest BCUT2D eigenvalue weighted by Gasteiger charge is -2.14. The van der Waals surface area contributed by atoms with Crippen molar-refractivity contribution < 1.29 is 14.6 Å². The Bertz CT molecular complexity index is 602. The van der Waals surface area contributed by atoms with Gasteiger partial charge in [-0.25, -0.2) is 0 Å². The van der Waals surface area contributed by atoms with E-state index in [1.54, 1.807) is 13.2 Å². The molecule has 0 aromatic heterocycles. The van der Waals surface area contributed by atoms with E-state index in [1.165, 1.54) is 0 Å². The molecule has 0 unspecified atom stereocenters. The number of benzene rings is 2. The summed E-state index contributed by atoms with van der Waals surface area (Å²) in [5, 5.41) is 9.21. The summed E-state index contributed by atoms with van der Waals surface area (Å²) < 4.78 is 13.1. The second-order valence-corrected chi connectivity index (χ2v) is 6.26. The van der Waals surface area contributed by atoms with Gasteiger partial charge in [0.05, 0.1) is 17.3 Å². The summed E-state index contributed by atoms with van der Waals surface area (Å²) in [5.74, 6) is 1.33. The topological polar surface area (TPSA) is 38.7 Å². The molecule has 3 nitrogen and oxygen atoms in total. The van der Waals surface area contributed by atoms with Gasteiger partial charge in [0.2, 0.25) is 0 Å². The Morgan fingerprint density at radius 2 is 2.00 bits per heavy atom. The SMILES string of the molecule is COc1cc(CO)cc(I)c1OCc1cccc(Br)c1. The van der Waals surface area contributed by atoms with Crippen LogP contribution in [0.2, 0.25) is 0 Å². The Kier molecular flexibility index (Phi) is 5.68. The molecule has 1 N–H and O–H groups in total. The first-order valence-electron chi connectivity index (χ1n) is 5.98. The fraction of sp³-hybridized carbons (Fsp3) is 0.200. The maximum atomic E-state index is 9.21. The van der Waals surface area contributed by atoms with E-state index in [9.17, 15) is 5.11 Å². The van der Waals surface area contributed by atoms with Crippen LogP contribution >= 0.6 is 38.5 Å². The van der Waals surface area contributed by atoms with E-state index < -0.39 is 0 Å². The number of ether oxygens (including phenoxy) is 2. The molecule has 5 heteroatoms. The van der Waals surface area contributed by atoms with Crippen molar-refractivity contribution in [1.29, 1.82) is 0 Å². The molecule has 0 aliphatic carbocycles. The normalized spacial score (nSPS) is 10.4. The summed E-state index contributed by atoms with van der Waals surface area (Å²) in [5.41, 5.74) is 1.88. The molecule has 0 atom stereocenters. The Labute approximate surface area is 140 Å². The summed E-state index contributed by atoms with van der Waals surface area (Å²) in [6, 6.07) is 11.6. The number of hydrogen-bond acceptors (Lipinski definition) is 3. The van der Waals surface area contributed by atoms with Crippen molar-refractivity contribution >= 4 is 38.5 Å². The van der Waals surface area contributed by atoms with Crippen LogP contribution in [-0.4, -0.2) is 12.2 Å². The van der Waals surface area contributed by atoms with E-state index in [4.69, 9.17) is 9.47 Å². The van der Waals surface area contributed by atoms with Gasteiger partial charge >= 0.3 is 0 Å². The average Bonchev–Trinajstić information content (AvgIpc) is 2.45. The minimum atomic E-state index is -0.0156. The zero-order chi connectivity index (χ0) is 14.5. The third-order valence-electron chi connectivity index (χ3n) is 2.74.